The molecule has 1 aromatic carbocycles. The highest BCUT2D eigenvalue weighted by molar-refractivity contribution is 5.80. The van der Waals surface area contributed by atoms with Crippen molar-refractivity contribution in [1.29, 1.82) is 0 Å². The van der Waals surface area contributed by atoms with Crippen LogP contribution in [0.2, 0.25) is 0 Å². The van der Waals surface area contributed by atoms with Crippen LogP contribution in [0.4, 0.5) is 0 Å². The number of nitrogens with one attached hydrogen (secondary N) is 1. The summed E-state index contributed by atoms with van der Waals surface area (Å²) >= 11 is 0. The molecule has 0 spiro atoms. The Kier molecular flexibility index (Phi) is 7.17. The van der Waals surface area contributed by atoms with E-state index in [0.717, 1.165) is 37.9 Å². The molecule has 0 saturated carbocycles. The molecule has 2 fully saturated rings. The van der Waals surface area contributed by atoms with Gasteiger partial charge in [0.1, 0.15) is 0 Å². The zero-order valence-electron chi connectivity index (χ0n) is 17.6. The van der Waals surface area contributed by atoms with E-state index in [0.29, 0.717) is 0 Å². The minimum atomic E-state index is 0.199. The molecular formula is C23H38N4. The minimum absolute atomic E-state index is 0.199. The minimum Gasteiger partial charge on any atom is -0.356 e. The van der Waals surface area contributed by atoms with E-state index >= 15 is 0 Å². The molecule has 2 saturated heterocycles. The number of aliphatic imine (C=N–C) groups is 1. The molecule has 1 aromatic rings. The first kappa shape index (κ1) is 20.2. The number of likely N-dealkylation sites (tertiary alicyclic amines) is 2. The molecule has 0 aromatic heterocycles. The van der Waals surface area contributed by atoms with Crippen LogP contribution in [0.25, 0.3) is 0 Å². The van der Waals surface area contributed by atoms with Gasteiger partial charge in [-0.3, -0.25) is 4.99 Å². The molecule has 1 unspecified atom stereocenters. The molecule has 0 amide bonds. The number of rotatable bonds is 6. The summed E-state index contributed by atoms with van der Waals surface area (Å²) in [6.45, 7) is 11.8. The highest BCUT2D eigenvalue weighted by Gasteiger charge is 2.28. The van der Waals surface area contributed by atoms with E-state index < -0.39 is 0 Å². The lowest BCUT2D eigenvalue weighted by atomic mass is 9.86. The largest absolute Gasteiger partial charge is 0.356 e. The van der Waals surface area contributed by atoms with Gasteiger partial charge in [0.15, 0.2) is 5.96 Å². The second kappa shape index (κ2) is 9.59. The lowest BCUT2D eigenvalue weighted by Gasteiger charge is -2.30. The Morgan fingerprint density at radius 2 is 1.85 bits per heavy atom. The van der Waals surface area contributed by atoms with Gasteiger partial charge in [-0.25, -0.2) is 0 Å². The first-order valence-corrected chi connectivity index (χ1v) is 10.8. The van der Waals surface area contributed by atoms with Crippen molar-refractivity contribution in [3.05, 3.63) is 35.9 Å². The third-order valence-corrected chi connectivity index (χ3v) is 6.01. The summed E-state index contributed by atoms with van der Waals surface area (Å²) in [4.78, 5) is 9.72. The summed E-state index contributed by atoms with van der Waals surface area (Å²) in [6, 6.07) is 10.8. The summed E-state index contributed by atoms with van der Waals surface area (Å²) in [5.74, 6) is 1.87. The Bertz CT molecular complexity index is 590. The maximum atomic E-state index is 4.58. The molecule has 27 heavy (non-hydrogen) atoms. The molecule has 150 valence electrons. The fraction of sp³-hybridized carbons (Fsp3) is 0.696. The van der Waals surface area contributed by atoms with Crippen LogP contribution in [0.15, 0.2) is 35.3 Å². The first-order chi connectivity index (χ1) is 13.1. The van der Waals surface area contributed by atoms with Gasteiger partial charge >= 0.3 is 0 Å². The van der Waals surface area contributed by atoms with Crippen molar-refractivity contribution < 1.29 is 0 Å². The third kappa shape index (κ3) is 6.24. The van der Waals surface area contributed by atoms with Crippen LogP contribution in [0, 0.1) is 11.3 Å². The van der Waals surface area contributed by atoms with Gasteiger partial charge in [0.25, 0.3) is 0 Å². The van der Waals surface area contributed by atoms with Crippen molar-refractivity contribution in [2.24, 2.45) is 16.3 Å². The maximum absolute atomic E-state index is 4.58. The smallest absolute Gasteiger partial charge is 0.193 e. The second-order valence-corrected chi connectivity index (χ2v) is 9.19. The standard InChI is InChI=1S/C23H38N4/c1-23(2,16-20-10-6-4-7-11-20)19-25-22(24-3)27-15-12-21(18-27)17-26-13-8-5-9-14-26/h4,6-7,10-11,21H,5,8-9,12-19H2,1-3H3,(H,24,25). The quantitative estimate of drug-likeness (QED) is 0.613. The highest BCUT2D eigenvalue weighted by Crippen LogP contribution is 2.22. The predicted molar refractivity (Wildman–Crippen MR) is 115 cm³/mol. The van der Waals surface area contributed by atoms with E-state index in [9.17, 15) is 0 Å². The van der Waals surface area contributed by atoms with Gasteiger partial charge in [-0.2, -0.15) is 0 Å². The van der Waals surface area contributed by atoms with Crippen LogP contribution in [0.3, 0.4) is 0 Å². The van der Waals surface area contributed by atoms with Crippen molar-refractivity contribution in [2.75, 3.05) is 46.3 Å². The SMILES string of the molecule is CN=C(NCC(C)(C)Cc1ccccc1)N1CCC(CN2CCCCC2)C1. The molecule has 2 aliphatic rings. The lowest BCUT2D eigenvalue weighted by Crippen LogP contribution is -2.44. The summed E-state index contributed by atoms with van der Waals surface area (Å²) in [5, 5.41) is 3.66. The zero-order valence-corrected chi connectivity index (χ0v) is 17.6. The molecule has 1 atom stereocenters. The Balaban J connectivity index is 1.46. The van der Waals surface area contributed by atoms with Crippen LogP contribution in [-0.4, -0.2) is 62.1 Å². The summed E-state index contributed by atoms with van der Waals surface area (Å²) < 4.78 is 0. The normalized spacial score (nSPS) is 22.3. The summed E-state index contributed by atoms with van der Waals surface area (Å²) in [5.41, 5.74) is 1.60. The average molecular weight is 371 g/mol. The summed E-state index contributed by atoms with van der Waals surface area (Å²) in [7, 11) is 1.92. The Labute approximate surface area is 166 Å². The van der Waals surface area contributed by atoms with Gasteiger partial charge in [-0.1, -0.05) is 50.6 Å². The number of guanidine groups is 1. The van der Waals surface area contributed by atoms with Gasteiger partial charge < -0.3 is 15.1 Å². The Morgan fingerprint density at radius 1 is 1.11 bits per heavy atom. The van der Waals surface area contributed by atoms with Crippen molar-refractivity contribution in [1.82, 2.24) is 15.1 Å². The van der Waals surface area contributed by atoms with Gasteiger partial charge in [0, 0.05) is 33.2 Å². The van der Waals surface area contributed by atoms with Gasteiger partial charge in [-0.05, 0) is 55.7 Å². The fourth-order valence-electron chi connectivity index (χ4n) is 4.54. The zero-order chi connectivity index (χ0) is 19.1. The molecule has 4 heteroatoms. The maximum Gasteiger partial charge on any atom is 0.193 e. The van der Waals surface area contributed by atoms with Gasteiger partial charge in [0.2, 0.25) is 0 Å². The molecule has 2 heterocycles. The van der Waals surface area contributed by atoms with E-state index in [1.165, 1.54) is 50.9 Å². The van der Waals surface area contributed by atoms with E-state index in [1.54, 1.807) is 0 Å². The van der Waals surface area contributed by atoms with E-state index in [-0.39, 0.29) is 5.41 Å². The van der Waals surface area contributed by atoms with Gasteiger partial charge in [0.05, 0.1) is 0 Å². The predicted octanol–water partition coefficient (Wildman–Crippen LogP) is 3.64. The third-order valence-electron chi connectivity index (χ3n) is 6.01. The van der Waals surface area contributed by atoms with Crippen LogP contribution in [-0.2, 0) is 6.42 Å². The summed E-state index contributed by atoms with van der Waals surface area (Å²) in [6.07, 6.45) is 6.56. The molecular weight excluding hydrogens is 332 g/mol. The van der Waals surface area contributed by atoms with E-state index in [1.807, 2.05) is 7.05 Å². The van der Waals surface area contributed by atoms with Crippen LogP contribution < -0.4 is 5.32 Å². The van der Waals surface area contributed by atoms with Crippen molar-refractivity contribution in [2.45, 2.75) is 46.0 Å². The molecule has 0 radical (unpaired) electrons. The topological polar surface area (TPSA) is 30.9 Å². The van der Waals surface area contributed by atoms with Crippen LogP contribution in [0.1, 0.15) is 45.1 Å². The Hall–Kier alpha value is -1.55. The number of piperidine rings is 1. The van der Waals surface area contributed by atoms with Crippen molar-refractivity contribution >= 4 is 5.96 Å². The van der Waals surface area contributed by atoms with E-state index in [4.69, 9.17) is 0 Å². The monoisotopic (exact) mass is 370 g/mol. The molecule has 2 aliphatic heterocycles. The number of hydrogen-bond acceptors (Lipinski definition) is 2. The van der Waals surface area contributed by atoms with Crippen molar-refractivity contribution in [3.8, 4) is 0 Å². The lowest BCUT2D eigenvalue weighted by molar-refractivity contribution is 0.198. The van der Waals surface area contributed by atoms with Crippen molar-refractivity contribution in [3.63, 3.8) is 0 Å². The number of hydrogen-bond donors (Lipinski definition) is 1. The number of nitrogens with zero attached hydrogens (tertiary/aromatic N) is 3. The molecule has 3 rings (SSSR count). The Morgan fingerprint density at radius 3 is 2.56 bits per heavy atom. The van der Waals surface area contributed by atoms with Gasteiger partial charge in [-0.15, -0.1) is 0 Å². The molecule has 0 bridgehead atoms. The fourth-order valence-corrected chi connectivity index (χ4v) is 4.54. The first-order valence-electron chi connectivity index (χ1n) is 10.8. The average Bonchev–Trinajstić information content (AvgIpc) is 3.12. The van der Waals surface area contributed by atoms with E-state index in [2.05, 4.69) is 64.3 Å². The van der Waals surface area contributed by atoms with Crippen LogP contribution in [0.5, 0.6) is 0 Å². The highest BCUT2D eigenvalue weighted by atomic mass is 15.3. The molecule has 0 aliphatic carbocycles. The number of benzene rings is 1. The van der Waals surface area contributed by atoms with Crippen LogP contribution >= 0.6 is 0 Å². The molecule has 1 N–H and O–H groups in total. The second-order valence-electron chi connectivity index (χ2n) is 9.19. The molecule has 4 nitrogen and oxygen atoms in total.